The smallest absolute Gasteiger partial charge is 0.0320 e. The molecule has 3 rings (SSSR count). The first-order valence-corrected chi connectivity index (χ1v) is 8.64. The summed E-state index contributed by atoms with van der Waals surface area (Å²) < 4.78 is 0. The van der Waals surface area contributed by atoms with E-state index in [1.54, 1.807) is 5.56 Å². The van der Waals surface area contributed by atoms with Gasteiger partial charge in [-0.15, -0.1) is 0 Å². The molecule has 0 amide bonds. The Morgan fingerprint density at radius 1 is 0.950 bits per heavy atom. The average molecular weight is 271 g/mol. The maximum absolute atomic E-state index is 3.52. The summed E-state index contributed by atoms with van der Waals surface area (Å²) >= 11 is 0. The first-order chi connectivity index (χ1) is 9.86. The minimum absolute atomic E-state index is 0.556. The molecule has 2 aliphatic rings. The molecule has 0 heterocycles. The van der Waals surface area contributed by atoms with Crippen LogP contribution in [-0.4, -0.2) is 7.05 Å². The van der Waals surface area contributed by atoms with Gasteiger partial charge in [0.25, 0.3) is 0 Å². The Balaban J connectivity index is 1.64. The molecule has 1 aromatic rings. The molecule has 2 fully saturated rings. The van der Waals surface area contributed by atoms with Crippen LogP contribution >= 0.6 is 0 Å². The van der Waals surface area contributed by atoms with E-state index in [9.17, 15) is 0 Å². The lowest BCUT2D eigenvalue weighted by Crippen LogP contribution is -2.23. The standard InChI is InChI=1S/C19H29N/c1-20-19(14-15-6-5-7-15)18-12-10-17(11-13-18)16-8-3-2-4-9-16/h10-13,15-16,19-20H,2-9,14H2,1H3. The molecule has 0 spiro atoms. The summed E-state index contributed by atoms with van der Waals surface area (Å²) in [7, 11) is 2.11. The van der Waals surface area contributed by atoms with Crippen molar-refractivity contribution in [3.05, 3.63) is 35.4 Å². The molecule has 0 radical (unpaired) electrons. The lowest BCUT2D eigenvalue weighted by Gasteiger charge is -2.30. The summed E-state index contributed by atoms with van der Waals surface area (Å²) in [6.45, 7) is 0. The van der Waals surface area contributed by atoms with E-state index in [0.29, 0.717) is 6.04 Å². The van der Waals surface area contributed by atoms with E-state index in [1.165, 1.54) is 63.4 Å². The molecule has 20 heavy (non-hydrogen) atoms. The highest BCUT2D eigenvalue weighted by atomic mass is 14.9. The van der Waals surface area contributed by atoms with Gasteiger partial charge in [-0.1, -0.05) is 62.8 Å². The number of benzene rings is 1. The molecule has 2 saturated carbocycles. The monoisotopic (exact) mass is 271 g/mol. The van der Waals surface area contributed by atoms with Gasteiger partial charge in [0.05, 0.1) is 0 Å². The van der Waals surface area contributed by atoms with Crippen LogP contribution in [0.25, 0.3) is 0 Å². The zero-order valence-corrected chi connectivity index (χ0v) is 12.9. The van der Waals surface area contributed by atoms with Crippen molar-refractivity contribution in [3.63, 3.8) is 0 Å². The fourth-order valence-electron chi connectivity index (χ4n) is 3.92. The molecular formula is C19H29N. The quantitative estimate of drug-likeness (QED) is 0.777. The fraction of sp³-hybridized carbons (Fsp3) is 0.684. The topological polar surface area (TPSA) is 12.0 Å². The second-order valence-electron chi connectivity index (χ2n) is 6.88. The van der Waals surface area contributed by atoms with Gasteiger partial charge in [0.2, 0.25) is 0 Å². The van der Waals surface area contributed by atoms with Crippen molar-refractivity contribution in [2.75, 3.05) is 7.05 Å². The van der Waals surface area contributed by atoms with E-state index in [2.05, 4.69) is 36.6 Å². The van der Waals surface area contributed by atoms with Crippen LogP contribution in [0.1, 0.15) is 80.9 Å². The average Bonchev–Trinajstić information content (AvgIpc) is 2.48. The van der Waals surface area contributed by atoms with E-state index < -0.39 is 0 Å². The molecular weight excluding hydrogens is 242 g/mol. The molecule has 1 heteroatoms. The zero-order valence-electron chi connectivity index (χ0n) is 12.9. The van der Waals surface area contributed by atoms with E-state index in [0.717, 1.165) is 11.8 Å². The predicted octanol–water partition coefficient (Wildman–Crippen LogP) is 5.19. The second-order valence-corrected chi connectivity index (χ2v) is 6.88. The first-order valence-electron chi connectivity index (χ1n) is 8.64. The van der Waals surface area contributed by atoms with Crippen LogP contribution < -0.4 is 5.32 Å². The van der Waals surface area contributed by atoms with Crippen LogP contribution in [0.2, 0.25) is 0 Å². The second kappa shape index (κ2) is 6.76. The van der Waals surface area contributed by atoms with Gasteiger partial charge >= 0.3 is 0 Å². The molecule has 1 atom stereocenters. The molecule has 110 valence electrons. The maximum Gasteiger partial charge on any atom is 0.0320 e. The van der Waals surface area contributed by atoms with Gasteiger partial charge < -0.3 is 5.32 Å². The molecule has 0 saturated heterocycles. The van der Waals surface area contributed by atoms with Crippen molar-refractivity contribution in [2.45, 2.75) is 69.7 Å². The Labute approximate surface area is 124 Å². The summed E-state index contributed by atoms with van der Waals surface area (Å²) in [4.78, 5) is 0. The molecule has 2 aliphatic carbocycles. The Morgan fingerprint density at radius 3 is 2.20 bits per heavy atom. The molecule has 0 aliphatic heterocycles. The lowest BCUT2D eigenvalue weighted by molar-refractivity contribution is 0.265. The third-order valence-corrected chi connectivity index (χ3v) is 5.56. The third-order valence-electron chi connectivity index (χ3n) is 5.56. The Hall–Kier alpha value is -0.820. The Kier molecular flexibility index (Phi) is 4.77. The van der Waals surface area contributed by atoms with Crippen LogP contribution in [0.3, 0.4) is 0 Å². The van der Waals surface area contributed by atoms with Crippen molar-refractivity contribution >= 4 is 0 Å². The Morgan fingerprint density at radius 2 is 1.65 bits per heavy atom. The molecule has 1 aromatic carbocycles. The number of hydrogen-bond acceptors (Lipinski definition) is 1. The number of hydrogen-bond donors (Lipinski definition) is 1. The highest BCUT2D eigenvalue weighted by Crippen LogP contribution is 2.36. The van der Waals surface area contributed by atoms with Crippen LogP contribution in [0.5, 0.6) is 0 Å². The van der Waals surface area contributed by atoms with Gasteiger partial charge in [-0.25, -0.2) is 0 Å². The molecule has 1 N–H and O–H groups in total. The highest BCUT2D eigenvalue weighted by molar-refractivity contribution is 5.27. The predicted molar refractivity (Wildman–Crippen MR) is 86.0 cm³/mol. The summed E-state index contributed by atoms with van der Waals surface area (Å²) in [6.07, 6.45) is 12.7. The van der Waals surface area contributed by atoms with E-state index in [4.69, 9.17) is 0 Å². The molecule has 1 unspecified atom stereocenters. The van der Waals surface area contributed by atoms with Crippen LogP contribution in [0, 0.1) is 5.92 Å². The summed E-state index contributed by atoms with van der Waals surface area (Å²) in [6, 6.07) is 10.1. The van der Waals surface area contributed by atoms with Crippen molar-refractivity contribution < 1.29 is 0 Å². The molecule has 0 bridgehead atoms. The lowest BCUT2D eigenvalue weighted by atomic mass is 9.79. The SMILES string of the molecule is CNC(CC1CCC1)c1ccc(C2CCCCC2)cc1. The molecule has 0 aromatic heterocycles. The number of nitrogens with one attached hydrogen (secondary N) is 1. The summed E-state index contributed by atoms with van der Waals surface area (Å²) in [5.74, 6) is 1.79. The van der Waals surface area contributed by atoms with E-state index >= 15 is 0 Å². The zero-order chi connectivity index (χ0) is 13.8. The van der Waals surface area contributed by atoms with Crippen LogP contribution in [0.4, 0.5) is 0 Å². The summed E-state index contributed by atoms with van der Waals surface area (Å²) in [5.41, 5.74) is 3.06. The van der Waals surface area contributed by atoms with Crippen LogP contribution in [-0.2, 0) is 0 Å². The van der Waals surface area contributed by atoms with Crippen molar-refractivity contribution in [3.8, 4) is 0 Å². The Bertz CT molecular complexity index is 398. The van der Waals surface area contributed by atoms with Crippen molar-refractivity contribution in [2.24, 2.45) is 5.92 Å². The largest absolute Gasteiger partial charge is 0.313 e. The summed E-state index contributed by atoms with van der Waals surface area (Å²) in [5, 5.41) is 3.52. The maximum atomic E-state index is 3.52. The van der Waals surface area contributed by atoms with E-state index in [-0.39, 0.29) is 0 Å². The van der Waals surface area contributed by atoms with E-state index in [1.807, 2.05) is 0 Å². The van der Waals surface area contributed by atoms with Gasteiger partial charge in [-0.3, -0.25) is 0 Å². The van der Waals surface area contributed by atoms with Gasteiger partial charge in [0.15, 0.2) is 0 Å². The normalized spacial score (nSPS) is 22.4. The third kappa shape index (κ3) is 3.25. The highest BCUT2D eigenvalue weighted by Gasteiger charge is 2.22. The van der Waals surface area contributed by atoms with Gasteiger partial charge in [-0.05, 0) is 49.3 Å². The minimum atomic E-state index is 0.556. The fourth-order valence-corrected chi connectivity index (χ4v) is 3.92. The number of rotatable bonds is 5. The minimum Gasteiger partial charge on any atom is -0.313 e. The van der Waals surface area contributed by atoms with Crippen molar-refractivity contribution in [1.82, 2.24) is 5.32 Å². The first kappa shape index (κ1) is 14.1. The molecule has 1 nitrogen and oxygen atoms in total. The van der Waals surface area contributed by atoms with Crippen LogP contribution in [0.15, 0.2) is 24.3 Å². The van der Waals surface area contributed by atoms with Crippen molar-refractivity contribution in [1.29, 1.82) is 0 Å². The van der Waals surface area contributed by atoms with Gasteiger partial charge in [0.1, 0.15) is 0 Å². The van der Waals surface area contributed by atoms with Gasteiger partial charge in [0, 0.05) is 6.04 Å². The van der Waals surface area contributed by atoms with Gasteiger partial charge in [-0.2, -0.15) is 0 Å².